The van der Waals surface area contributed by atoms with Crippen molar-refractivity contribution in [1.82, 2.24) is 4.98 Å². The van der Waals surface area contributed by atoms with Gasteiger partial charge >= 0.3 is 0 Å². The van der Waals surface area contributed by atoms with E-state index in [1.807, 2.05) is 0 Å². The Kier molecular flexibility index (Phi) is 2.14. The van der Waals surface area contributed by atoms with Crippen LogP contribution in [0.25, 0.3) is 11.3 Å². The lowest BCUT2D eigenvalue weighted by Gasteiger charge is -2.02. The first-order chi connectivity index (χ1) is 6.77. The van der Waals surface area contributed by atoms with Crippen LogP contribution >= 0.6 is 0 Å². The number of nitrogens with zero attached hydrogens (tertiary/aromatic N) is 1. The molecular weight excluding hydrogens is 181 g/mol. The Morgan fingerprint density at radius 1 is 1.14 bits per heavy atom. The van der Waals surface area contributed by atoms with Crippen LogP contribution in [0.3, 0.4) is 0 Å². The summed E-state index contributed by atoms with van der Waals surface area (Å²) in [7, 11) is 0. The topological polar surface area (TPSA) is 33.1 Å². The molecule has 0 aliphatic carbocycles. The number of phenolic OH excluding ortho intramolecular Hbond substituents is 1. The number of pyridine rings is 1. The van der Waals surface area contributed by atoms with Crippen LogP contribution in [0.5, 0.6) is 5.75 Å². The minimum atomic E-state index is -0.386. The van der Waals surface area contributed by atoms with E-state index in [2.05, 4.69) is 4.98 Å². The van der Waals surface area contributed by atoms with Gasteiger partial charge in [-0.25, -0.2) is 4.39 Å². The van der Waals surface area contributed by atoms with Crippen LogP contribution in [0, 0.1) is 5.82 Å². The third-order valence-corrected chi connectivity index (χ3v) is 1.90. The average Bonchev–Trinajstić information content (AvgIpc) is 2.23. The van der Waals surface area contributed by atoms with Crippen LogP contribution < -0.4 is 0 Å². The fourth-order valence-electron chi connectivity index (χ4n) is 1.24. The third kappa shape index (κ3) is 1.57. The molecule has 0 atom stereocenters. The molecule has 0 saturated carbocycles. The second kappa shape index (κ2) is 3.46. The number of rotatable bonds is 1. The van der Waals surface area contributed by atoms with Gasteiger partial charge in [0.15, 0.2) is 0 Å². The van der Waals surface area contributed by atoms with Gasteiger partial charge in [-0.05, 0) is 30.3 Å². The third-order valence-electron chi connectivity index (χ3n) is 1.90. The van der Waals surface area contributed by atoms with Gasteiger partial charge in [0.2, 0.25) is 0 Å². The lowest BCUT2D eigenvalue weighted by Crippen LogP contribution is -1.84. The van der Waals surface area contributed by atoms with Gasteiger partial charge in [-0.3, -0.25) is 4.98 Å². The van der Waals surface area contributed by atoms with Gasteiger partial charge in [-0.15, -0.1) is 0 Å². The zero-order chi connectivity index (χ0) is 9.97. The molecule has 0 aliphatic heterocycles. The molecule has 0 radical (unpaired) electrons. The number of phenols is 1. The van der Waals surface area contributed by atoms with Crippen molar-refractivity contribution in [2.45, 2.75) is 0 Å². The van der Waals surface area contributed by atoms with Crippen molar-refractivity contribution in [3.63, 3.8) is 0 Å². The SMILES string of the molecule is Oc1ccc(F)cc1-c1ccccn1. The lowest BCUT2D eigenvalue weighted by molar-refractivity contribution is 0.475. The number of aromatic hydroxyl groups is 1. The van der Waals surface area contributed by atoms with Crippen molar-refractivity contribution < 1.29 is 9.50 Å². The fourth-order valence-corrected chi connectivity index (χ4v) is 1.24. The minimum absolute atomic E-state index is 0.0325. The Balaban J connectivity index is 2.57. The van der Waals surface area contributed by atoms with Crippen LogP contribution in [0.2, 0.25) is 0 Å². The predicted octanol–water partition coefficient (Wildman–Crippen LogP) is 2.59. The zero-order valence-electron chi connectivity index (χ0n) is 7.31. The monoisotopic (exact) mass is 189 g/mol. The molecule has 0 fully saturated rings. The molecule has 2 rings (SSSR count). The van der Waals surface area contributed by atoms with Crippen molar-refractivity contribution >= 4 is 0 Å². The van der Waals surface area contributed by atoms with E-state index in [1.165, 1.54) is 18.2 Å². The van der Waals surface area contributed by atoms with Crippen LogP contribution in [0.15, 0.2) is 42.6 Å². The van der Waals surface area contributed by atoms with Crippen molar-refractivity contribution in [1.29, 1.82) is 0 Å². The molecule has 0 spiro atoms. The first-order valence-corrected chi connectivity index (χ1v) is 4.17. The Bertz CT molecular complexity index is 442. The largest absolute Gasteiger partial charge is 0.507 e. The Labute approximate surface area is 80.7 Å². The van der Waals surface area contributed by atoms with E-state index in [1.54, 1.807) is 24.4 Å². The van der Waals surface area contributed by atoms with E-state index in [0.717, 1.165) is 0 Å². The predicted molar refractivity (Wildman–Crippen MR) is 51.3 cm³/mol. The second-order valence-electron chi connectivity index (χ2n) is 2.88. The summed E-state index contributed by atoms with van der Waals surface area (Å²) in [5.41, 5.74) is 0.968. The molecule has 2 aromatic rings. The summed E-state index contributed by atoms with van der Waals surface area (Å²) in [6.07, 6.45) is 1.60. The molecule has 1 aromatic heterocycles. The lowest BCUT2D eigenvalue weighted by atomic mass is 10.1. The summed E-state index contributed by atoms with van der Waals surface area (Å²) in [6.45, 7) is 0. The molecule has 1 aromatic carbocycles. The van der Waals surface area contributed by atoms with Gasteiger partial charge < -0.3 is 5.11 Å². The van der Waals surface area contributed by atoms with Crippen LogP contribution in [-0.4, -0.2) is 10.1 Å². The van der Waals surface area contributed by atoms with Crippen molar-refractivity contribution in [3.8, 4) is 17.0 Å². The van der Waals surface area contributed by atoms with Crippen LogP contribution in [0.1, 0.15) is 0 Å². The fraction of sp³-hybridized carbons (Fsp3) is 0. The standard InChI is InChI=1S/C11H8FNO/c12-8-4-5-11(14)9(7-8)10-3-1-2-6-13-10/h1-7,14H. The number of aromatic nitrogens is 1. The summed E-state index contributed by atoms with van der Waals surface area (Å²) in [4.78, 5) is 4.02. The van der Waals surface area contributed by atoms with Crippen LogP contribution in [-0.2, 0) is 0 Å². The highest BCUT2D eigenvalue weighted by molar-refractivity contribution is 5.66. The van der Waals surface area contributed by atoms with Gasteiger partial charge in [0.1, 0.15) is 11.6 Å². The second-order valence-corrected chi connectivity index (χ2v) is 2.88. The van der Waals surface area contributed by atoms with E-state index < -0.39 is 0 Å². The Morgan fingerprint density at radius 3 is 2.71 bits per heavy atom. The molecule has 70 valence electrons. The molecule has 0 amide bonds. The van der Waals surface area contributed by atoms with Crippen molar-refractivity contribution in [2.75, 3.05) is 0 Å². The van der Waals surface area contributed by atoms with Crippen LogP contribution in [0.4, 0.5) is 4.39 Å². The maximum atomic E-state index is 12.9. The molecule has 1 N–H and O–H groups in total. The van der Waals surface area contributed by atoms with Crippen molar-refractivity contribution in [3.05, 3.63) is 48.4 Å². The number of halogens is 1. The minimum Gasteiger partial charge on any atom is -0.507 e. The zero-order valence-corrected chi connectivity index (χ0v) is 7.31. The normalized spacial score (nSPS) is 10.1. The van der Waals surface area contributed by atoms with Gasteiger partial charge in [0.05, 0.1) is 5.69 Å². The Morgan fingerprint density at radius 2 is 2.00 bits per heavy atom. The van der Waals surface area contributed by atoms with E-state index in [9.17, 15) is 9.50 Å². The summed E-state index contributed by atoms with van der Waals surface area (Å²) >= 11 is 0. The molecule has 2 nitrogen and oxygen atoms in total. The molecule has 1 heterocycles. The van der Waals surface area contributed by atoms with Gasteiger partial charge in [-0.2, -0.15) is 0 Å². The summed E-state index contributed by atoms with van der Waals surface area (Å²) in [5, 5.41) is 9.48. The Hall–Kier alpha value is -1.90. The van der Waals surface area contributed by atoms with Gasteiger partial charge in [0.25, 0.3) is 0 Å². The van der Waals surface area contributed by atoms with E-state index in [-0.39, 0.29) is 11.6 Å². The van der Waals surface area contributed by atoms with E-state index >= 15 is 0 Å². The highest BCUT2D eigenvalue weighted by Gasteiger charge is 2.05. The first kappa shape index (κ1) is 8.69. The molecular formula is C11H8FNO. The number of benzene rings is 1. The van der Waals surface area contributed by atoms with Gasteiger partial charge in [-0.1, -0.05) is 6.07 Å². The summed E-state index contributed by atoms with van der Waals surface area (Å²) in [6, 6.07) is 9.06. The number of hydrogen-bond acceptors (Lipinski definition) is 2. The summed E-state index contributed by atoms with van der Waals surface area (Å²) < 4.78 is 12.9. The summed E-state index contributed by atoms with van der Waals surface area (Å²) in [5.74, 6) is -0.353. The molecule has 0 aliphatic rings. The molecule has 0 saturated heterocycles. The maximum absolute atomic E-state index is 12.9. The quantitative estimate of drug-likeness (QED) is 0.747. The van der Waals surface area contributed by atoms with E-state index in [0.29, 0.717) is 11.3 Å². The highest BCUT2D eigenvalue weighted by atomic mass is 19.1. The maximum Gasteiger partial charge on any atom is 0.125 e. The molecule has 0 bridgehead atoms. The number of hydrogen-bond donors (Lipinski definition) is 1. The molecule has 3 heteroatoms. The first-order valence-electron chi connectivity index (χ1n) is 4.17. The highest BCUT2D eigenvalue weighted by Crippen LogP contribution is 2.27. The average molecular weight is 189 g/mol. The molecule has 14 heavy (non-hydrogen) atoms. The smallest absolute Gasteiger partial charge is 0.125 e. The van der Waals surface area contributed by atoms with E-state index in [4.69, 9.17) is 0 Å². The molecule has 0 unspecified atom stereocenters. The van der Waals surface area contributed by atoms with Gasteiger partial charge in [0, 0.05) is 11.8 Å². The van der Waals surface area contributed by atoms with Crippen molar-refractivity contribution in [2.24, 2.45) is 0 Å².